The van der Waals surface area contributed by atoms with Crippen molar-refractivity contribution in [3.8, 4) is 17.4 Å². The van der Waals surface area contributed by atoms with Gasteiger partial charge in [0.25, 0.3) is 5.91 Å². The molecule has 0 radical (unpaired) electrons. The van der Waals surface area contributed by atoms with E-state index in [1.165, 1.54) is 18.3 Å². The second-order valence-corrected chi connectivity index (χ2v) is 5.32. The summed E-state index contributed by atoms with van der Waals surface area (Å²) in [6.07, 6.45) is -3.16. The van der Waals surface area contributed by atoms with Crippen molar-refractivity contribution in [1.82, 2.24) is 10.3 Å². The Kier molecular flexibility index (Phi) is 7.27. The van der Waals surface area contributed by atoms with Crippen LogP contribution in [-0.4, -0.2) is 36.9 Å². The zero-order valence-corrected chi connectivity index (χ0v) is 14.6. The van der Waals surface area contributed by atoms with Crippen LogP contribution in [0.4, 0.5) is 13.2 Å². The largest absolute Gasteiger partial charge is 0.490 e. The molecular weight excluding hydrogens is 365 g/mol. The van der Waals surface area contributed by atoms with Gasteiger partial charge >= 0.3 is 6.18 Å². The van der Waals surface area contributed by atoms with Gasteiger partial charge in [0.1, 0.15) is 0 Å². The maximum Gasteiger partial charge on any atom is 0.422 e. The maximum absolute atomic E-state index is 12.3. The number of rotatable bonds is 9. The summed E-state index contributed by atoms with van der Waals surface area (Å²) in [7, 11) is 0. The minimum atomic E-state index is -4.47. The molecule has 1 heterocycles. The van der Waals surface area contributed by atoms with Gasteiger partial charge in [0, 0.05) is 18.3 Å². The molecule has 146 valence electrons. The summed E-state index contributed by atoms with van der Waals surface area (Å²) in [5.74, 6) is 0.303. The van der Waals surface area contributed by atoms with E-state index in [1.807, 2.05) is 6.92 Å². The van der Waals surface area contributed by atoms with Crippen LogP contribution in [0, 0.1) is 0 Å². The molecule has 1 N–H and O–H groups in total. The fourth-order valence-corrected chi connectivity index (χ4v) is 2.07. The number of halogens is 3. The molecule has 0 fully saturated rings. The molecule has 2 rings (SSSR count). The Bertz CT molecular complexity index is 753. The van der Waals surface area contributed by atoms with Crippen LogP contribution in [0.1, 0.15) is 12.5 Å². The zero-order valence-electron chi connectivity index (χ0n) is 14.6. The first-order valence-corrected chi connectivity index (χ1v) is 8.14. The molecule has 0 unspecified atom stereocenters. The molecule has 0 spiro atoms. The maximum atomic E-state index is 12.3. The second kappa shape index (κ2) is 9.65. The molecule has 0 saturated heterocycles. The Morgan fingerprint density at radius 2 is 1.78 bits per heavy atom. The summed E-state index contributed by atoms with van der Waals surface area (Å²) in [4.78, 5) is 15.7. The molecule has 0 saturated carbocycles. The number of pyridine rings is 1. The van der Waals surface area contributed by atoms with Gasteiger partial charge in [-0.2, -0.15) is 13.2 Å². The average Bonchev–Trinajstić information content (AvgIpc) is 2.64. The smallest absolute Gasteiger partial charge is 0.422 e. The van der Waals surface area contributed by atoms with Gasteiger partial charge in [0.05, 0.1) is 6.61 Å². The number of nitrogens with one attached hydrogen (secondary N) is 1. The van der Waals surface area contributed by atoms with Crippen LogP contribution in [0.5, 0.6) is 17.4 Å². The quantitative estimate of drug-likeness (QED) is 0.720. The number of nitrogens with zero attached hydrogens (tertiary/aromatic N) is 1. The standard InChI is InChI=1S/C18H19F3N2O4/c1-2-25-14-7-3-4-8-15(14)26-11-16(24)23-10-13-6-5-9-22-17(13)27-12-18(19,20)21/h3-9H,2,10-12H2,1H3,(H,23,24). The van der Waals surface area contributed by atoms with E-state index in [0.717, 1.165) is 0 Å². The van der Waals surface area contributed by atoms with Gasteiger partial charge in [0.2, 0.25) is 5.88 Å². The first-order chi connectivity index (χ1) is 12.9. The van der Waals surface area contributed by atoms with Gasteiger partial charge in [-0.25, -0.2) is 4.98 Å². The van der Waals surface area contributed by atoms with E-state index in [9.17, 15) is 18.0 Å². The zero-order chi connectivity index (χ0) is 19.7. The summed E-state index contributed by atoms with van der Waals surface area (Å²) in [5.41, 5.74) is 0.324. The molecule has 9 heteroatoms. The van der Waals surface area contributed by atoms with Gasteiger partial charge in [-0.05, 0) is 25.1 Å². The van der Waals surface area contributed by atoms with E-state index >= 15 is 0 Å². The molecular formula is C18H19F3N2O4. The number of alkyl halides is 3. The Balaban J connectivity index is 1.87. The Labute approximate surface area is 154 Å². The monoisotopic (exact) mass is 384 g/mol. The van der Waals surface area contributed by atoms with Gasteiger partial charge in [0.15, 0.2) is 24.7 Å². The van der Waals surface area contributed by atoms with E-state index in [-0.39, 0.29) is 19.0 Å². The second-order valence-electron chi connectivity index (χ2n) is 5.32. The van der Waals surface area contributed by atoms with Crippen LogP contribution >= 0.6 is 0 Å². The van der Waals surface area contributed by atoms with Crippen LogP contribution in [-0.2, 0) is 11.3 Å². The molecule has 0 bridgehead atoms. The highest BCUT2D eigenvalue weighted by Crippen LogP contribution is 2.26. The third-order valence-electron chi connectivity index (χ3n) is 3.21. The first-order valence-electron chi connectivity index (χ1n) is 8.14. The SMILES string of the molecule is CCOc1ccccc1OCC(=O)NCc1cccnc1OCC(F)(F)F. The number of para-hydroxylation sites is 2. The lowest BCUT2D eigenvalue weighted by atomic mass is 10.2. The molecule has 0 aliphatic rings. The fraction of sp³-hybridized carbons (Fsp3) is 0.333. The number of aromatic nitrogens is 1. The molecule has 27 heavy (non-hydrogen) atoms. The summed E-state index contributed by atoms with van der Waals surface area (Å²) >= 11 is 0. The fourth-order valence-electron chi connectivity index (χ4n) is 2.07. The van der Waals surface area contributed by atoms with E-state index in [2.05, 4.69) is 15.0 Å². The normalized spacial score (nSPS) is 11.0. The van der Waals surface area contributed by atoms with Gasteiger partial charge in [-0.15, -0.1) is 0 Å². The third kappa shape index (κ3) is 7.04. The summed E-state index contributed by atoms with van der Waals surface area (Å²) in [6.45, 7) is 0.506. The lowest BCUT2D eigenvalue weighted by Gasteiger charge is -2.13. The number of benzene rings is 1. The van der Waals surface area contributed by atoms with E-state index in [1.54, 1.807) is 24.3 Å². The van der Waals surface area contributed by atoms with Crippen LogP contribution in [0.3, 0.4) is 0 Å². The van der Waals surface area contributed by atoms with Crippen molar-refractivity contribution in [1.29, 1.82) is 0 Å². The van der Waals surface area contributed by atoms with Gasteiger partial charge in [-0.3, -0.25) is 4.79 Å². The molecule has 1 aromatic heterocycles. The average molecular weight is 384 g/mol. The third-order valence-corrected chi connectivity index (χ3v) is 3.21. The van der Waals surface area contributed by atoms with Crippen molar-refractivity contribution in [2.75, 3.05) is 19.8 Å². The predicted octanol–water partition coefficient (Wildman–Crippen LogP) is 3.12. The van der Waals surface area contributed by atoms with E-state index in [4.69, 9.17) is 9.47 Å². The Hall–Kier alpha value is -2.97. The van der Waals surface area contributed by atoms with Crippen molar-refractivity contribution in [2.45, 2.75) is 19.6 Å². The minimum Gasteiger partial charge on any atom is -0.490 e. The molecule has 1 aromatic carbocycles. The highest BCUT2D eigenvalue weighted by atomic mass is 19.4. The van der Waals surface area contributed by atoms with Crippen molar-refractivity contribution in [2.24, 2.45) is 0 Å². The number of hydrogen-bond acceptors (Lipinski definition) is 5. The van der Waals surface area contributed by atoms with Crippen molar-refractivity contribution < 1.29 is 32.2 Å². The number of amides is 1. The summed E-state index contributed by atoms with van der Waals surface area (Å²) in [5, 5.41) is 2.55. The highest BCUT2D eigenvalue weighted by molar-refractivity contribution is 5.77. The van der Waals surface area contributed by atoms with Crippen molar-refractivity contribution >= 4 is 5.91 Å². The molecule has 6 nitrogen and oxygen atoms in total. The molecule has 0 aliphatic carbocycles. The lowest BCUT2D eigenvalue weighted by Crippen LogP contribution is -2.29. The minimum absolute atomic E-state index is 0.0453. The van der Waals surface area contributed by atoms with Crippen LogP contribution in [0.25, 0.3) is 0 Å². The van der Waals surface area contributed by atoms with Gasteiger partial charge < -0.3 is 19.5 Å². The summed E-state index contributed by atoms with van der Waals surface area (Å²) in [6, 6.07) is 9.97. The van der Waals surface area contributed by atoms with E-state index < -0.39 is 18.7 Å². The summed E-state index contributed by atoms with van der Waals surface area (Å²) < 4.78 is 52.4. The molecule has 1 amide bonds. The van der Waals surface area contributed by atoms with E-state index in [0.29, 0.717) is 23.7 Å². The predicted molar refractivity (Wildman–Crippen MR) is 90.7 cm³/mol. The highest BCUT2D eigenvalue weighted by Gasteiger charge is 2.29. The van der Waals surface area contributed by atoms with Gasteiger partial charge in [-0.1, -0.05) is 18.2 Å². The molecule has 0 aliphatic heterocycles. The Morgan fingerprint density at radius 1 is 1.07 bits per heavy atom. The Morgan fingerprint density at radius 3 is 2.44 bits per heavy atom. The first kappa shape index (κ1) is 20.3. The molecule has 0 atom stereocenters. The number of carbonyl (C=O) groups is 1. The number of carbonyl (C=O) groups excluding carboxylic acids is 1. The lowest BCUT2D eigenvalue weighted by molar-refractivity contribution is -0.154. The molecule has 2 aromatic rings. The van der Waals surface area contributed by atoms with Crippen LogP contribution < -0.4 is 19.5 Å². The van der Waals surface area contributed by atoms with Crippen molar-refractivity contribution in [3.63, 3.8) is 0 Å². The topological polar surface area (TPSA) is 69.7 Å². The number of ether oxygens (including phenoxy) is 3. The van der Waals surface area contributed by atoms with Crippen LogP contribution in [0.15, 0.2) is 42.6 Å². The van der Waals surface area contributed by atoms with Crippen molar-refractivity contribution in [3.05, 3.63) is 48.2 Å². The number of hydrogen-bond donors (Lipinski definition) is 1. The van der Waals surface area contributed by atoms with Crippen LogP contribution in [0.2, 0.25) is 0 Å².